The summed E-state index contributed by atoms with van der Waals surface area (Å²) in [7, 11) is 0. The molecule has 3 saturated heterocycles. The summed E-state index contributed by atoms with van der Waals surface area (Å²) in [6.07, 6.45) is 4.11. The van der Waals surface area contributed by atoms with Gasteiger partial charge in [0.15, 0.2) is 0 Å². The van der Waals surface area contributed by atoms with Crippen molar-refractivity contribution in [1.82, 2.24) is 15.2 Å². The minimum atomic E-state index is -1.27. The summed E-state index contributed by atoms with van der Waals surface area (Å²) >= 11 is 0. The monoisotopic (exact) mass is 470 g/mol. The number of carbonyl (C=O) groups excluding carboxylic acids is 3. The zero-order chi connectivity index (χ0) is 23.7. The Morgan fingerprint density at radius 1 is 1.03 bits per heavy atom. The number of carbonyl (C=O) groups is 3. The van der Waals surface area contributed by atoms with Crippen LogP contribution >= 0.6 is 0 Å². The average molecular weight is 471 g/mol. The Hall–Kier alpha value is -3.49. The van der Waals surface area contributed by atoms with Crippen LogP contribution in [-0.2, 0) is 31.1 Å². The van der Waals surface area contributed by atoms with Crippen LogP contribution in [0.2, 0.25) is 0 Å². The molecular weight excluding hydrogens is 444 g/mol. The van der Waals surface area contributed by atoms with Crippen molar-refractivity contribution < 1.29 is 19.1 Å². The minimum absolute atomic E-state index is 0.137. The van der Waals surface area contributed by atoms with Gasteiger partial charge in [0.05, 0.1) is 24.5 Å². The van der Waals surface area contributed by atoms with Gasteiger partial charge in [-0.1, -0.05) is 36.4 Å². The molecule has 7 rings (SSSR count). The van der Waals surface area contributed by atoms with Gasteiger partial charge >= 0.3 is 0 Å². The molecule has 2 unspecified atom stereocenters. The standard InChI is InChI=1S/C27H26N4O4/c32-24-22-21(12-15-13-28-19-9-3-1-7-17(15)19)30-27(18-8-2-4-10-20(18)29-26(27)34)23(22)25(33)31(24)14-16-6-5-11-35-16/h1-4,7-10,13,16,21-23,28,30H,5-6,11-12,14H2,(H,29,34)/t16?,21?,22-,23+,27+/m0/s1. The fraction of sp³-hybridized carbons (Fsp3) is 0.370. The minimum Gasteiger partial charge on any atom is -0.376 e. The molecule has 5 heterocycles. The topological polar surface area (TPSA) is 104 Å². The van der Waals surface area contributed by atoms with Crippen LogP contribution < -0.4 is 10.6 Å². The van der Waals surface area contributed by atoms with Gasteiger partial charge in [0.25, 0.3) is 0 Å². The van der Waals surface area contributed by atoms with Gasteiger partial charge in [0, 0.05) is 41.0 Å². The zero-order valence-corrected chi connectivity index (χ0v) is 19.1. The molecule has 3 aromatic rings. The van der Waals surface area contributed by atoms with Crippen molar-refractivity contribution in [3.63, 3.8) is 0 Å². The summed E-state index contributed by atoms with van der Waals surface area (Å²) < 4.78 is 5.74. The van der Waals surface area contributed by atoms with E-state index in [4.69, 9.17) is 4.74 Å². The third-order valence-electron chi connectivity index (χ3n) is 8.24. The number of aromatic nitrogens is 1. The first-order valence-electron chi connectivity index (χ1n) is 12.3. The zero-order valence-electron chi connectivity index (χ0n) is 19.1. The fourth-order valence-corrected chi connectivity index (χ4v) is 6.70. The maximum absolute atomic E-state index is 13.9. The number of hydrogen-bond acceptors (Lipinski definition) is 5. The number of H-pyrrole nitrogens is 1. The van der Waals surface area contributed by atoms with Crippen molar-refractivity contribution >= 4 is 34.3 Å². The van der Waals surface area contributed by atoms with Gasteiger partial charge in [-0.3, -0.25) is 24.6 Å². The van der Waals surface area contributed by atoms with Crippen LogP contribution in [0.5, 0.6) is 0 Å². The number of benzene rings is 2. The van der Waals surface area contributed by atoms with Crippen molar-refractivity contribution in [2.75, 3.05) is 18.5 Å². The second kappa shape index (κ2) is 7.50. The van der Waals surface area contributed by atoms with E-state index in [9.17, 15) is 14.4 Å². The highest BCUT2D eigenvalue weighted by Crippen LogP contribution is 2.53. The molecule has 5 atom stereocenters. The van der Waals surface area contributed by atoms with Gasteiger partial charge in [0.2, 0.25) is 17.7 Å². The number of amides is 3. The first-order chi connectivity index (χ1) is 17.1. The molecule has 35 heavy (non-hydrogen) atoms. The molecule has 4 aliphatic heterocycles. The maximum Gasteiger partial charge on any atom is 0.250 e. The number of imide groups is 1. The van der Waals surface area contributed by atoms with Gasteiger partial charge in [0.1, 0.15) is 5.54 Å². The largest absolute Gasteiger partial charge is 0.376 e. The highest BCUT2D eigenvalue weighted by molar-refractivity contribution is 6.15. The van der Waals surface area contributed by atoms with Crippen LogP contribution in [0.4, 0.5) is 5.69 Å². The average Bonchev–Trinajstić information content (AvgIpc) is 3.67. The third-order valence-corrected chi connectivity index (χ3v) is 8.24. The number of rotatable bonds is 4. The number of hydrogen-bond donors (Lipinski definition) is 3. The summed E-state index contributed by atoms with van der Waals surface area (Å²) in [4.78, 5) is 45.9. The smallest absolute Gasteiger partial charge is 0.250 e. The molecule has 8 nitrogen and oxygen atoms in total. The lowest BCUT2D eigenvalue weighted by Gasteiger charge is -2.30. The molecule has 3 amide bonds. The Kier molecular flexibility index (Phi) is 4.47. The number of para-hydroxylation sites is 2. The van der Waals surface area contributed by atoms with Gasteiger partial charge < -0.3 is 15.0 Å². The summed E-state index contributed by atoms with van der Waals surface area (Å²) in [5.74, 6) is -2.18. The van der Waals surface area contributed by atoms with Crippen molar-refractivity contribution in [3.8, 4) is 0 Å². The van der Waals surface area contributed by atoms with E-state index in [0.717, 1.165) is 34.9 Å². The Balaban J connectivity index is 1.32. The van der Waals surface area contributed by atoms with E-state index in [2.05, 4.69) is 15.6 Å². The molecular formula is C27H26N4O4. The molecule has 0 radical (unpaired) electrons. The highest BCUT2D eigenvalue weighted by Gasteiger charge is 2.70. The number of ether oxygens (including phenoxy) is 1. The normalized spacial score (nSPS) is 31.5. The molecule has 2 aromatic carbocycles. The fourth-order valence-electron chi connectivity index (χ4n) is 6.70. The first-order valence-corrected chi connectivity index (χ1v) is 12.3. The molecule has 1 spiro atoms. The molecule has 3 fully saturated rings. The lowest BCUT2D eigenvalue weighted by molar-refractivity contribution is -0.144. The van der Waals surface area contributed by atoms with E-state index in [1.54, 1.807) is 0 Å². The second-order valence-corrected chi connectivity index (χ2v) is 10.0. The quantitative estimate of drug-likeness (QED) is 0.508. The summed E-state index contributed by atoms with van der Waals surface area (Å²) in [5.41, 5.74) is 2.23. The first kappa shape index (κ1) is 20.8. The molecule has 8 heteroatoms. The summed E-state index contributed by atoms with van der Waals surface area (Å²) in [5, 5.41) is 7.57. The number of anilines is 1. The molecule has 3 N–H and O–H groups in total. The predicted octanol–water partition coefficient (Wildman–Crippen LogP) is 2.31. The van der Waals surface area contributed by atoms with Crippen molar-refractivity contribution in [2.24, 2.45) is 11.8 Å². The van der Waals surface area contributed by atoms with E-state index < -0.39 is 17.4 Å². The Labute approximate surface area is 202 Å². The highest BCUT2D eigenvalue weighted by atomic mass is 16.5. The number of nitrogens with one attached hydrogen (secondary N) is 3. The lowest BCUT2D eigenvalue weighted by atomic mass is 9.76. The van der Waals surface area contributed by atoms with Crippen LogP contribution in [-0.4, -0.2) is 52.9 Å². The molecule has 0 aliphatic carbocycles. The molecule has 178 valence electrons. The van der Waals surface area contributed by atoms with Gasteiger partial charge in [-0.25, -0.2) is 0 Å². The lowest BCUT2D eigenvalue weighted by Crippen LogP contribution is -2.54. The number of fused-ring (bicyclic) bond motifs is 5. The Morgan fingerprint density at radius 3 is 2.71 bits per heavy atom. The Morgan fingerprint density at radius 2 is 1.86 bits per heavy atom. The van der Waals surface area contributed by atoms with E-state index >= 15 is 0 Å². The third kappa shape index (κ3) is 2.84. The van der Waals surface area contributed by atoms with E-state index in [1.807, 2.05) is 54.7 Å². The molecule has 4 aliphatic rings. The van der Waals surface area contributed by atoms with Gasteiger partial charge in [-0.15, -0.1) is 0 Å². The molecule has 1 aromatic heterocycles. The second-order valence-electron chi connectivity index (χ2n) is 10.0. The Bertz CT molecular complexity index is 1380. The van der Waals surface area contributed by atoms with Crippen molar-refractivity contribution in [2.45, 2.75) is 36.9 Å². The number of aromatic amines is 1. The van der Waals surface area contributed by atoms with E-state index in [-0.39, 0.29) is 36.4 Å². The molecule has 0 saturated carbocycles. The summed E-state index contributed by atoms with van der Waals surface area (Å²) in [6, 6.07) is 15.1. The predicted molar refractivity (Wildman–Crippen MR) is 128 cm³/mol. The number of likely N-dealkylation sites (tertiary alicyclic amines) is 1. The van der Waals surface area contributed by atoms with Crippen LogP contribution in [0.15, 0.2) is 54.7 Å². The van der Waals surface area contributed by atoms with Gasteiger partial charge in [-0.05, 0) is 37.0 Å². The van der Waals surface area contributed by atoms with Crippen LogP contribution in [0, 0.1) is 11.8 Å². The van der Waals surface area contributed by atoms with Crippen LogP contribution in [0.3, 0.4) is 0 Å². The van der Waals surface area contributed by atoms with Crippen molar-refractivity contribution in [3.05, 3.63) is 65.9 Å². The molecule has 0 bridgehead atoms. The van der Waals surface area contributed by atoms with Crippen LogP contribution in [0.1, 0.15) is 24.0 Å². The number of nitrogens with zero attached hydrogens (tertiary/aromatic N) is 1. The van der Waals surface area contributed by atoms with E-state index in [1.165, 1.54) is 4.90 Å². The van der Waals surface area contributed by atoms with E-state index in [0.29, 0.717) is 18.7 Å². The van der Waals surface area contributed by atoms with Crippen molar-refractivity contribution in [1.29, 1.82) is 0 Å². The summed E-state index contributed by atoms with van der Waals surface area (Å²) in [6.45, 7) is 0.905. The van der Waals surface area contributed by atoms with Gasteiger partial charge in [-0.2, -0.15) is 0 Å². The maximum atomic E-state index is 13.9. The van der Waals surface area contributed by atoms with Crippen LogP contribution in [0.25, 0.3) is 10.9 Å². The SMILES string of the molecule is O=C1[C@H]2C(Cc3c[nH]c4ccccc34)N[C@@]3(C(=O)Nc4ccccc43)[C@H]2C(=O)N1CC1CCCO1.